The monoisotopic (exact) mass is 212 g/mol. The predicted molar refractivity (Wildman–Crippen MR) is 57.8 cm³/mol. The van der Waals surface area contributed by atoms with E-state index in [0.717, 1.165) is 0 Å². The van der Waals surface area contributed by atoms with Crippen LogP contribution in [0.15, 0.2) is 30.5 Å². The lowest BCUT2D eigenvalue weighted by atomic mass is 10.1. The molecule has 0 saturated heterocycles. The summed E-state index contributed by atoms with van der Waals surface area (Å²) in [6, 6.07) is 8.61. The summed E-state index contributed by atoms with van der Waals surface area (Å²) in [7, 11) is 1.33. The van der Waals surface area contributed by atoms with Crippen molar-refractivity contribution in [2.24, 2.45) is 0 Å². The van der Waals surface area contributed by atoms with E-state index in [1.54, 1.807) is 24.3 Å². The van der Waals surface area contributed by atoms with Crippen molar-refractivity contribution in [3.05, 3.63) is 41.6 Å². The van der Waals surface area contributed by atoms with Crippen LogP contribution in [-0.4, -0.2) is 18.1 Å². The smallest absolute Gasteiger partial charge is 0.338 e. The first-order chi connectivity index (χ1) is 7.76. The van der Waals surface area contributed by atoms with Crippen molar-refractivity contribution in [3.63, 3.8) is 0 Å². The fourth-order valence-corrected chi connectivity index (χ4v) is 1.51. The van der Waals surface area contributed by atoms with Crippen LogP contribution in [0.25, 0.3) is 10.9 Å². The molecule has 78 valence electrons. The number of benzene rings is 1. The summed E-state index contributed by atoms with van der Waals surface area (Å²) in [5.41, 5.74) is 1.58. The van der Waals surface area contributed by atoms with Crippen molar-refractivity contribution in [2.75, 3.05) is 7.11 Å². The number of hydrogen-bond acceptors (Lipinski definition) is 4. The number of aromatic nitrogens is 1. The molecule has 0 aliphatic rings. The highest BCUT2D eigenvalue weighted by Gasteiger charge is 2.10. The Bertz CT molecular complexity index is 599. The first-order valence-corrected chi connectivity index (χ1v) is 4.63. The molecule has 4 nitrogen and oxygen atoms in total. The molecule has 0 atom stereocenters. The third-order valence-corrected chi connectivity index (χ3v) is 2.28. The number of carbonyl (C=O) groups is 1. The van der Waals surface area contributed by atoms with E-state index in [1.165, 1.54) is 13.3 Å². The van der Waals surface area contributed by atoms with Crippen LogP contribution in [0.2, 0.25) is 0 Å². The zero-order valence-electron chi connectivity index (χ0n) is 8.60. The van der Waals surface area contributed by atoms with E-state index in [9.17, 15) is 4.79 Å². The summed E-state index contributed by atoms with van der Waals surface area (Å²) < 4.78 is 4.67. The maximum Gasteiger partial charge on any atom is 0.338 e. The van der Waals surface area contributed by atoms with E-state index >= 15 is 0 Å². The zero-order valence-corrected chi connectivity index (χ0v) is 8.60. The number of esters is 1. The molecule has 0 N–H and O–H groups in total. The van der Waals surface area contributed by atoms with Crippen LogP contribution >= 0.6 is 0 Å². The van der Waals surface area contributed by atoms with Crippen molar-refractivity contribution in [1.82, 2.24) is 4.98 Å². The first kappa shape index (κ1) is 10.1. The van der Waals surface area contributed by atoms with E-state index in [4.69, 9.17) is 5.26 Å². The minimum Gasteiger partial charge on any atom is -0.465 e. The van der Waals surface area contributed by atoms with E-state index in [0.29, 0.717) is 22.0 Å². The number of hydrogen-bond donors (Lipinski definition) is 0. The second-order valence-corrected chi connectivity index (χ2v) is 3.19. The van der Waals surface area contributed by atoms with E-state index in [2.05, 4.69) is 9.72 Å². The average molecular weight is 212 g/mol. The van der Waals surface area contributed by atoms with Gasteiger partial charge >= 0.3 is 5.97 Å². The fourth-order valence-electron chi connectivity index (χ4n) is 1.51. The van der Waals surface area contributed by atoms with Gasteiger partial charge in [-0.05, 0) is 18.2 Å². The van der Waals surface area contributed by atoms with Crippen molar-refractivity contribution in [2.45, 2.75) is 0 Å². The molecule has 16 heavy (non-hydrogen) atoms. The molecule has 2 rings (SSSR count). The second-order valence-electron chi connectivity index (χ2n) is 3.19. The van der Waals surface area contributed by atoms with Gasteiger partial charge in [0.15, 0.2) is 0 Å². The Balaban J connectivity index is 2.70. The average Bonchev–Trinajstić information content (AvgIpc) is 2.36. The quantitative estimate of drug-likeness (QED) is 0.677. The normalized spacial score (nSPS) is 9.75. The number of ether oxygens (including phenoxy) is 1. The molecule has 0 bridgehead atoms. The van der Waals surface area contributed by atoms with Crippen LogP contribution < -0.4 is 0 Å². The van der Waals surface area contributed by atoms with Crippen LogP contribution in [0, 0.1) is 11.3 Å². The standard InChI is InChI=1S/C12H8N2O2/c1-16-12(15)10-4-5-14-11-6-8(7-13)2-3-9(10)11/h2-6H,1H3. The van der Waals surface area contributed by atoms with Crippen LogP contribution in [0.5, 0.6) is 0 Å². The number of fused-ring (bicyclic) bond motifs is 1. The molecule has 0 unspecified atom stereocenters. The minimum absolute atomic E-state index is 0.405. The van der Waals surface area contributed by atoms with Gasteiger partial charge in [0, 0.05) is 11.6 Å². The maximum atomic E-state index is 11.5. The molecule has 1 aromatic heterocycles. The van der Waals surface area contributed by atoms with Gasteiger partial charge in [-0.2, -0.15) is 5.26 Å². The molecule has 0 aliphatic carbocycles. The van der Waals surface area contributed by atoms with Gasteiger partial charge in [0.25, 0.3) is 0 Å². The molecule has 1 aromatic carbocycles. The van der Waals surface area contributed by atoms with Crippen LogP contribution in [0.3, 0.4) is 0 Å². The van der Waals surface area contributed by atoms with Crippen molar-refractivity contribution >= 4 is 16.9 Å². The Kier molecular flexibility index (Phi) is 2.52. The van der Waals surface area contributed by atoms with Crippen molar-refractivity contribution in [3.8, 4) is 6.07 Å². The molecule has 0 saturated carbocycles. The Morgan fingerprint density at radius 2 is 2.25 bits per heavy atom. The third kappa shape index (κ3) is 1.59. The summed E-state index contributed by atoms with van der Waals surface area (Å²) in [6.07, 6.45) is 1.52. The van der Waals surface area contributed by atoms with Gasteiger partial charge in [0.2, 0.25) is 0 Å². The minimum atomic E-state index is -0.405. The number of rotatable bonds is 1. The highest BCUT2D eigenvalue weighted by atomic mass is 16.5. The van der Waals surface area contributed by atoms with Gasteiger partial charge in [-0.25, -0.2) is 4.79 Å². The SMILES string of the molecule is COC(=O)c1ccnc2cc(C#N)ccc12. The van der Waals surface area contributed by atoms with E-state index in [-0.39, 0.29) is 0 Å². The number of nitrogens with zero attached hydrogens (tertiary/aromatic N) is 2. The summed E-state index contributed by atoms with van der Waals surface area (Å²) in [5, 5.41) is 9.44. The largest absolute Gasteiger partial charge is 0.465 e. The van der Waals surface area contributed by atoms with Gasteiger partial charge in [0.1, 0.15) is 0 Å². The van der Waals surface area contributed by atoms with Gasteiger partial charge in [-0.3, -0.25) is 4.98 Å². The van der Waals surface area contributed by atoms with Gasteiger partial charge in [-0.15, -0.1) is 0 Å². The lowest BCUT2D eigenvalue weighted by Crippen LogP contribution is -2.02. The molecule has 4 heteroatoms. The zero-order chi connectivity index (χ0) is 11.5. The molecule has 0 fully saturated rings. The molecule has 1 heterocycles. The summed E-state index contributed by atoms with van der Waals surface area (Å²) in [6.45, 7) is 0. The second kappa shape index (κ2) is 3.99. The Labute approximate surface area is 92.1 Å². The summed E-state index contributed by atoms with van der Waals surface area (Å²) >= 11 is 0. The first-order valence-electron chi connectivity index (χ1n) is 4.63. The van der Waals surface area contributed by atoms with Gasteiger partial charge < -0.3 is 4.74 Å². The Morgan fingerprint density at radius 3 is 2.94 bits per heavy atom. The number of carbonyl (C=O) groups excluding carboxylic acids is 1. The lowest BCUT2D eigenvalue weighted by Gasteiger charge is -2.03. The molecular formula is C12H8N2O2. The predicted octanol–water partition coefficient (Wildman–Crippen LogP) is 1.89. The molecular weight excluding hydrogens is 204 g/mol. The number of nitriles is 1. The van der Waals surface area contributed by atoms with Crippen LogP contribution in [-0.2, 0) is 4.74 Å². The Morgan fingerprint density at radius 1 is 1.44 bits per heavy atom. The maximum absolute atomic E-state index is 11.5. The summed E-state index contributed by atoms with van der Waals surface area (Å²) in [5.74, 6) is -0.405. The third-order valence-electron chi connectivity index (χ3n) is 2.28. The van der Waals surface area contributed by atoms with E-state index in [1.807, 2.05) is 6.07 Å². The highest BCUT2D eigenvalue weighted by Crippen LogP contribution is 2.18. The van der Waals surface area contributed by atoms with Crippen LogP contribution in [0.4, 0.5) is 0 Å². The Hall–Kier alpha value is -2.41. The molecule has 0 aliphatic heterocycles. The van der Waals surface area contributed by atoms with E-state index < -0.39 is 5.97 Å². The van der Waals surface area contributed by atoms with Crippen molar-refractivity contribution in [1.29, 1.82) is 5.26 Å². The molecule has 0 spiro atoms. The topological polar surface area (TPSA) is 63.0 Å². The summed E-state index contributed by atoms with van der Waals surface area (Å²) in [4.78, 5) is 15.6. The number of methoxy groups -OCH3 is 1. The molecule has 0 amide bonds. The van der Waals surface area contributed by atoms with Crippen molar-refractivity contribution < 1.29 is 9.53 Å². The molecule has 0 radical (unpaired) electrons. The lowest BCUT2D eigenvalue weighted by molar-refractivity contribution is 0.0603. The van der Waals surface area contributed by atoms with Gasteiger partial charge in [0.05, 0.1) is 29.8 Å². The van der Waals surface area contributed by atoms with Gasteiger partial charge in [-0.1, -0.05) is 6.07 Å². The fraction of sp³-hybridized carbons (Fsp3) is 0.0833. The number of pyridine rings is 1. The highest BCUT2D eigenvalue weighted by molar-refractivity contribution is 6.03. The van der Waals surface area contributed by atoms with Crippen LogP contribution in [0.1, 0.15) is 15.9 Å². The molecule has 2 aromatic rings.